The lowest BCUT2D eigenvalue weighted by Gasteiger charge is -1.97. The van der Waals surface area contributed by atoms with Gasteiger partial charge in [0.2, 0.25) is 0 Å². The average Bonchev–Trinajstić information content (AvgIpc) is 3.09. The largest absolute Gasteiger partial charge is 0.305 e. The van der Waals surface area contributed by atoms with Crippen LogP contribution in [0.15, 0.2) is 43.0 Å². The van der Waals surface area contributed by atoms with Gasteiger partial charge in [-0.05, 0) is 12.1 Å². The maximum Gasteiger partial charge on any atom is 0.260 e. The third-order valence-corrected chi connectivity index (χ3v) is 2.78. The van der Waals surface area contributed by atoms with E-state index in [4.69, 9.17) is 0 Å². The van der Waals surface area contributed by atoms with E-state index in [1.165, 1.54) is 6.20 Å². The van der Waals surface area contributed by atoms with Gasteiger partial charge in [0, 0.05) is 37.3 Å². The van der Waals surface area contributed by atoms with E-state index >= 15 is 0 Å². The Kier molecular flexibility index (Phi) is 3.00. The smallest absolute Gasteiger partial charge is 0.260 e. The van der Waals surface area contributed by atoms with Crippen LogP contribution in [0, 0.1) is 0 Å². The summed E-state index contributed by atoms with van der Waals surface area (Å²) in [6, 6.07) is 5.49. The van der Waals surface area contributed by atoms with Crippen LogP contribution >= 0.6 is 0 Å². The molecule has 0 bridgehead atoms. The highest BCUT2D eigenvalue weighted by Crippen LogP contribution is 2.18. The molecule has 3 aromatic rings. The molecule has 1 amide bonds. The van der Waals surface area contributed by atoms with Crippen molar-refractivity contribution in [1.29, 1.82) is 0 Å². The van der Waals surface area contributed by atoms with Gasteiger partial charge in [-0.3, -0.25) is 19.6 Å². The first-order valence-corrected chi connectivity index (χ1v) is 5.98. The first kappa shape index (κ1) is 12.1. The van der Waals surface area contributed by atoms with Gasteiger partial charge in [-0.25, -0.2) is 0 Å². The van der Waals surface area contributed by atoms with Crippen LogP contribution in [0.5, 0.6) is 0 Å². The lowest BCUT2D eigenvalue weighted by atomic mass is 10.2. The van der Waals surface area contributed by atoms with Crippen molar-refractivity contribution >= 4 is 11.7 Å². The summed E-state index contributed by atoms with van der Waals surface area (Å²) in [5.41, 5.74) is 2.25. The maximum atomic E-state index is 11.9. The molecule has 20 heavy (non-hydrogen) atoms. The molecule has 7 heteroatoms. The minimum Gasteiger partial charge on any atom is -0.305 e. The number of carbonyl (C=O) groups excluding carboxylic acids is 1. The molecule has 0 aliphatic heterocycles. The molecular weight excluding hydrogens is 256 g/mol. The van der Waals surface area contributed by atoms with Crippen LogP contribution in [0.3, 0.4) is 0 Å². The van der Waals surface area contributed by atoms with Gasteiger partial charge < -0.3 is 5.32 Å². The van der Waals surface area contributed by atoms with Crippen molar-refractivity contribution in [2.45, 2.75) is 0 Å². The van der Waals surface area contributed by atoms with E-state index in [2.05, 4.69) is 25.6 Å². The normalized spacial score (nSPS) is 10.4. The Hall–Kier alpha value is -2.96. The second-order valence-electron chi connectivity index (χ2n) is 4.26. The molecule has 7 nitrogen and oxygen atoms in total. The third kappa shape index (κ3) is 2.41. The molecule has 3 rings (SSSR count). The van der Waals surface area contributed by atoms with Crippen molar-refractivity contribution in [3.05, 3.63) is 48.5 Å². The van der Waals surface area contributed by atoms with Crippen molar-refractivity contribution in [3.8, 4) is 11.3 Å². The first-order chi connectivity index (χ1) is 9.72. The number of rotatable bonds is 3. The average molecular weight is 268 g/mol. The van der Waals surface area contributed by atoms with E-state index < -0.39 is 0 Å². The first-order valence-electron chi connectivity index (χ1n) is 5.98. The Labute approximate surface area is 114 Å². The summed E-state index contributed by atoms with van der Waals surface area (Å²) in [7, 11) is 1.76. The molecule has 0 atom stereocenters. The Morgan fingerprint density at radius 2 is 2.15 bits per heavy atom. The lowest BCUT2D eigenvalue weighted by Crippen LogP contribution is -2.11. The van der Waals surface area contributed by atoms with E-state index in [1.54, 1.807) is 36.4 Å². The number of aromatic amines is 1. The molecule has 0 aliphatic carbocycles. The number of hydrogen-bond acceptors (Lipinski definition) is 4. The summed E-state index contributed by atoms with van der Waals surface area (Å²) in [5, 5.41) is 13.6. The van der Waals surface area contributed by atoms with Gasteiger partial charge in [-0.15, -0.1) is 0 Å². The maximum absolute atomic E-state index is 11.9. The van der Waals surface area contributed by atoms with Crippen LogP contribution in [-0.4, -0.2) is 30.9 Å². The van der Waals surface area contributed by atoms with Crippen molar-refractivity contribution in [2.24, 2.45) is 7.05 Å². The molecule has 3 aromatic heterocycles. The number of aryl methyl sites for hydroxylation is 1. The molecule has 0 aromatic carbocycles. The predicted molar refractivity (Wildman–Crippen MR) is 73.0 cm³/mol. The Bertz CT molecular complexity index is 730. The minimum atomic E-state index is -0.245. The van der Waals surface area contributed by atoms with Crippen LogP contribution in [0.1, 0.15) is 10.4 Å². The molecule has 0 aliphatic rings. The Morgan fingerprint density at radius 3 is 2.85 bits per heavy atom. The minimum absolute atomic E-state index is 0.245. The number of hydrogen-bond donors (Lipinski definition) is 2. The van der Waals surface area contributed by atoms with Crippen LogP contribution in [0.4, 0.5) is 5.82 Å². The highest BCUT2D eigenvalue weighted by molar-refractivity contribution is 6.03. The fraction of sp³-hybridized carbons (Fsp3) is 0.0769. The summed E-state index contributed by atoms with van der Waals surface area (Å²) in [4.78, 5) is 15.9. The number of anilines is 1. The molecule has 0 fully saturated rings. The van der Waals surface area contributed by atoms with Gasteiger partial charge in [0.1, 0.15) is 0 Å². The van der Waals surface area contributed by atoms with Crippen LogP contribution in [-0.2, 0) is 7.05 Å². The second kappa shape index (κ2) is 4.96. The zero-order chi connectivity index (χ0) is 13.9. The van der Waals surface area contributed by atoms with Crippen LogP contribution < -0.4 is 5.32 Å². The third-order valence-electron chi connectivity index (χ3n) is 2.78. The van der Waals surface area contributed by atoms with Crippen molar-refractivity contribution in [1.82, 2.24) is 25.0 Å². The van der Waals surface area contributed by atoms with Gasteiger partial charge in [-0.2, -0.15) is 10.2 Å². The number of aromatic nitrogens is 5. The fourth-order valence-electron chi connectivity index (χ4n) is 1.79. The Morgan fingerprint density at radius 1 is 1.35 bits per heavy atom. The SMILES string of the molecule is Cn1cc(C(=O)Nc2cc(-c3ccncc3)[nH]n2)cn1. The summed E-state index contributed by atoms with van der Waals surface area (Å²) < 4.78 is 1.57. The summed E-state index contributed by atoms with van der Waals surface area (Å²) >= 11 is 0. The van der Waals surface area contributed by atoms with Gasteiger partial charge in [-0.1, -0.05) is 0 Å². The topological polar surface area (TPSA) is 88.5 Å². The molecule has 0 unspecified atom stereocenters. The van der Waals surface area contributed by atoms with E-state index in [-0.39, 0.29) is 5.91 Å². The molecule has 0 saturated heterocycles. The lowest BCUT2D eigenvalue weighted by molar-refractivity contribution is 0.102. The van der Waals surface area contributed by atoms with E-state index in [0.29, 0.717) is 11.4 Å². The van der Waals surface area contributed by atoms with Crippen molar-refractivity contribution < 1.29 is 4.79 Å². The standard InChI is InChI=1S/C13H12N6O/c1-19-8-10(7-15-19)13(20)16-12-6-11(17-18-12)9-2-4-14-5-3-9/h2-8H,1H3,(H2,16,17,18,20). The highest BCUT2D eigenvalue weighted by Gasteiger charge is 2.10. The molecular formula is C13H12N6O. The molecule has 0 saturated carbocycles. The van der Waals surface area contributed by atoms with Gasteiger partial charge >= 0.3 is 0 Å². The van der Waals surface area contributed by atoms with Gasteiger partial charge in [0.05, 0.1) is 17.5 Å². The Balaban J connectivity index is 1.76. The summed E-state index contributed by atoms with van der Waals surface area (Å²) in [6.45, 7) is 0. The molecule has 3 heterocycles. The summed E-state index contributed by atoms with van der Waals surface area (Å²) in [6.07, 6.45) is 6.55. The number of carbonyl (C=O) groups is 1. The quantitative estimate of drug-likeness (QED) is 0.752. The predicted octanol–water partition coefficient (Wildman–Crippen LogP) is 1.46. The number of nitrogens with one attached hydrogen (secondary N) is 2. The molecule has 100 valence electrons. The highest BCUT2D eigenvalue weighted by atomic mass is 16.1. The number of H-pyrrole nitrogens is 1. The summed E-state index contributed by atoms with van der Waals surface area (Å²) in [5.74, 6) is 0.219. The van der Waals surface area contributed by atoms with Crippen molar-refractivity contribution in [2.75, 3.05) is 5.32 Å². The number of pyridine rings is 1. The van der Waals surface area contributed by atoms with Crippen LogP contribution in [0.2, 0.25) is 0 Å². The van der Waals surface area contributed by atoms with Crippen LogP contribution in [0.25, 0.3) is 11.3 Å². The zero-order valence-electron chi connectivity index (χ0n) is 10.7. The van der Waals surface area contributed by atoms with Gasteiger partial charge in [0.25, 0.3) is 5.91 Å². The van der Waals surface area contributed by atoms with E-state index in [1.807, 2.05) is 12.1 Å². The monoisotopic (exact) mass is 268 g/mol. The second-order valence-corrected chi connectivity index (χ2v) is 4.26. The van der Waals surface area contributed by atoms with Gasteiger partial charge in [0.15, 0.2) is 5.82 Å². The molecule has 2 N–H and O–H groups in total. The van der Waals surface area contributed by atoms with E-state index in [9.17, 15) is 4.79 Å². The van der Waals surface area contributed by atoms with Crippen molar-refractivity contribution in [3.63, 3.8) is 0 Å². The molecule has 0 spiro atoms. The number of nitrogens with zero attached hydrogens (tertiary/aromatic N) is 4. The number of amides is 1. The molecule has 0 radical (unpaired) electrons. The zero-order valence-corrected chi connectivity index (χ0v) is 10.7. The van der Waals surface area contributed by atoms with E-state index in [0.717, 1.165) is 11.3 Å². The fourth-order valence-corrected chi connectivity index (χ4v) is 1.79.